The molecule has 1 aromatic rings. The highest BCUT2D eigenvalue weighted by molar-refractivity contribution is 5.71. The van der Waals surface area contributed by atoms with Gasteiger partial charge < -0.3 is 16.4 Å². The van der Waals surface area contributed by atoms with Crippen LogP contribution in [0.3, 0.4) is 0 Å². The predicted molar refractivity (Wildman–Crippen MR) is 69.4 cm³/mol. The average molecular weight is 249 g/mol. The lowest BCUT2D eigenvalue weighted by Crippen LogP contribution is -2.33. The van der Waals surface area contributed by atoms with Crippen LogP contribution in [0.5, 0.6) is 0 Å². The number of aryl methyl sites for hydroxylation is 1. The largest absolute Gasteiger partial charge is 0.368 e. The average Bonchev–Trinajstić information content (AvgIpc) is 2.60. The molecule has 0 fully saturated rings. The molecule has 1 aromatic heterocycles. The van der Waals surface area contributed by atoms with Crippen molar-refractivity contribution in [2.24, 2.45) is 5.73 Å². The Hall–Kier alpha value is -1.85. The van der Waals surface area contributed by atoms with Gasteiger partial charge in [0, 0.05) is 24.3 Å². The molecule has 2 amide bonds. The minimum absolute atomic E-state index is 0.494. The number of amides is 2. The summed E-state index contributed by atoms with van der Waals surface area (Å²) >= 11 is 0. The molecule has 0 saturated carbocycles. The topological polar surface area (TPSA) is 92.9 Å². The number of hydrogen-bond donors (Lipinski definition) is 3. The molecule has 98 valence electrons. The third-order valence-corrected chi connectivity index (χ3v) is 3.09. The van der Waals surface area contributed by atoms with Crippen LogP contribution in [0.25, 0.3) is 0 Å². The van der Waals surface area contributed by atoms with Crippen LogP contribution in [0.2, 0.25) is 0 Å². The molecule has 1 aliphatic carbocycles. The van der Waals surface area contributed by atoms with Crippen molar-refractivity contribution in [3.05, 3.63) is 17.6 Å². The molecule has 0 spiro atoms. The fourth-order valence-corrected chi connectivity index (χ4v) is 2.22. The lowest BCUT2D eigenvalue weighted by molar-refractivity contribution is 0.249. The Bertz CT molecular complexity index is 421. The Morgan fingerprint density at radius 2 is 2.06 bits per heavy atom. The van der Waals surface area contributed by atoms with Crippen molar-refractivity contribution in [2.75, 3.05) is 18.4 Å². The molecule has 0 aliphatic heterocycles. The van der Waals surface area contributed by atoms with Gasteiger partial charge in [-0.25, -0.2) is 14.8 Å². The van der Waals surface area contributed by atoms with Gasteiger partial charge in [-0.05, 0) is 25.7 Å². The van der Waals surface area contributed by atoms with Crippen molar-refractivity contribution in [3.8, 4) is 0 Å². The number of hydrogen-bond acceptors (Lipinski definition) is 4. The maximum absolute atomic E-state index is 10.5. The number of anilines is 1. The number of rotatable bonds is 4. The van der Waals surface area contributed by atoms with Gasteiger partial charge in [-0.1, -0.05) is 6.42 Å². The number of carbonyl (C=O) groups is 1. The van der Waals surface area contributed by atoms with Gasteiger partial charge >= 0.3 is 6.03 Å². The van der Waals surface area contributed by atoms with Crippen molar-refractivity contribution >= 4 is 11.8 Å². The highest BCUT2D eigenvalue weighted by Crippen LogP contribution is 2.23. The number of carbonyl (C=O) groups excluding carboxylic acids is 1. The van der Waals surface area contributed by atoms with E-state index in [0.717, 1.165) is 24.4 Å². The van der Waals surface area contributed by atoms with E-state index in [9.17, 15) is 4.79 Å². The molecular formula is C12H19N5O. The molecule has 0 atom stereocenters. The molecule has 0 saturated heterocycles. The van der Waals surface area contributed by atoms with Gasteiger partial charge in [-0.2, -0.15) is 0 Å². The number of nitrogens with zero attached hydrogens (tertiary/aromatic N) is 2. The predicted octanol–water partition coefficient (Wildman–Crippen LogP) is 0.826. The lowest BCUT2D eigenvalue weighted by atomic mass is 10.1. The molecule has 1 aliphatic rings. The quantitative estimate of drug-likeness (QED) is 0.544. The summed E-state index contributed by atoms with van der Waals surface area (Å²) in [6, 6.07) is -0.502. The van der Waals surface area contributed by atoms with Crippen molar-refractivity contribution in [1.29, 1.82) is 0 Å². The first-order chi connectivity index (χ1) is 8.77. The van der Waals surface area contributed by atoms with E-state index >= 15 is 0 Å². The van der Waals surface area contributed by atoms with Crippen LogP contribution >= 0.6 is 0 Å². The zero-order valence-electron chi connectivity index (χ0n) is 10.4. The smallest absolute Gasteiger partial charge is 0.312 e. The summed E-state index contributed by atoms with van der Waals surface area (Å²) in [7, 11) is 0. The monoisotopic (exact) mass is 249 g/mol. The molecule has 0 aromatic carbocycles. The van der Waals surface area contributed by atoms with E-state index in [4.69, 9.17) is 5.73 Å². The molecule has 0 radical (unpaired) electrons. The normalized spacial score (nSPS) is 14.4. The Morgan fingerprint density at radius 1 is 1.22 bits per heavy atom. The van der Waals surface area contributed by atoms with Crippen molar-refractivity contribution in [1.82, 2.24) is 15.3 Å². The van der Waals surface area contributed by atoms with Crippen LogP contribution < -0.4 is 16.4 Å². The third kappa shape index (κ3) is 3.32. The minimum Gasteiger partial charge on any atom is -0.368 e. The molecule has 1 heterocycles. The second kappa shape index (κ2) is 6.18. The van der Waals surface area contributed by atoms with Crippen LogP contribution in [0, 0.1) is 0 Å². The molecule has 0 bridgehead atoms. The van der Waals surface area contributed by atoms with Gasteiger partial charge in [0.1, 0.15) is 12.1 Å². The molecule has 18 heavy (non-hydrogen) atoms. The van der Waals surface area contributed by atoms with Gasteiger partial charge in [0.15, 0.2) is 0 Å². The first kappa shape index (κ1) is 12.6. The van der Waals surface area contributed by atoms with Crippen LogP contribution in [0.15, 0.2) is 6.33 Å². The van der Waals surface area contributed by atoms with Crippen molar-refractivity contribution in [2.45, 2.75) is 32.1 Å². The zero-order chi connectivity index (χ0) is 12.8. The number of nitrogens with one attached hydrogen (secondary N) is 2. The van der Waals surface area contributed by atoms with Crippen LogP contribution in [0.1, 0.15) is 30.5 Å². The summed E-state index contributed by atoms with van der Waals surface area (Å²) in [5.74, 6) is 0.896. The van der Waals surface area contributed by atoms with E-state index in [2.05, 4.69) is 20.6 Å². The molecule has 4 N–H and O–H groups in total. The number of primary amides is 1. The summed E-state index contributed by atoms with van der Waals surface area (Å²) < 4.78 is 0. The fraction of sp³-hybridized carbons (Fsp3) is 0.583. The zero-order valence-corrected chi connectivity index (χ0v) is 10.4. The second-order valence-corrected chi connectivity index (χ2v) is 4.43. The standard InChI is InChI=1S/C12H19N5O/c13-12(18)15-7-6-14-11-9-4-2-1-3-5-10(9)16-8-17-11/h8H,1-7H2,(H3,13,15,18)(H,14,16,17). The minimum atomic E-state index is -0.502. The van der Waals surface area contributed by atoms with E-state index in [-0.39, 0.29) is 0 Å². The van der Waals surface area contributed by atoms with E-state index in [1.165, 1.54) is 24.8 Å². The van der Waals surface area contributed by atoms with E-state index in [0.29, 0.717) is 13.1 Å². The first-order valence-corrected chi connectivity index (χ1v) is 6.37. The second-order valence-electron chi connectivity index (χ2n) is 4.43. The Morgan fingerprint density at radius 3 is 2.89 bits per heavy atom. The van der Waals surface area contributed by atoms with Gasteiger partial charge in [-0.15, -0.1) is 0 Å². The third-order valence-electron chi connectivity index (χ3n) is 3.09. The molecule has 6 nitrogen and oxygen atoms in total. The lowest BCUT2D eigenvalue weighted by Gasteiger charge is -2.12. The molecule has 2 rings (SSSR count). The highest BCUT2D eigenvalue weighted by Gasteiger charge is 2.13. The number of urea groups is 1. The number of nitrogens with two attached hydrogens (primary N) is 1. The molecule has 6 heteroatoms. The van der Waals surface area contributed by atoms with Crippen molar-refractivity contribution in [3.63, 3.8) is 0 Å². The van der Waals surface area contributed by atoms with E-state index in [1.54, 1.807) is 6.33 Å². The van der Waals surface area contributed by atoms with Gasteiger partial charge in [0.05, 0.1) is 0 Å². The van der Waals surface area contributed by atoms with Crippen molar-refractivity contribution < 1.29 is 4.79 Å². The number of fused-ring (bicyclic) bond motifs is 1. The summed E-state index contributed by atoms with van der Waals surface area (Å²) in [4.78, 5) is 19.2. The Kier molecular flexibility index (Phi) is 4.33. The van der Waals surface area contributed by atoms with Crippen LogP contribution in [0.4, 0.5) is 10.6 Å². The van der Waals surface area contributed by atoms with E-state index in [1.807, 2.05) is 0 Å². The van der Waals surface area contributed by atoms with Crippen LogP contribution in [-0.4, -0.2) is 29.1 Å². The Labute approximate surface area is 106 Å². The van der Waals surface area contributed by atoms with Gasteiger partial charge in [0.2, 0.25) is 0 Å². The SMILES string of the molecule is NC(=O)NCCNc1ncnc2c1CCCCC2. The fourth-order valence-electron chi connectivity index (χ4n) is 2.22. The maximum atomic E-state index is 10.5. The van der Waals surface area contributed by atoms with E-state index < -0.39 is 6.03 Å². The van der Waals surface area contributed by atoms with Gasteiger partial charge in [-0.3, -0.25) is 0 Å². The van der Waals surface area contributed by atoms with Crippen LogP contribution in [-0.2, 0) is 12.8 Å². The maximum Gasteiger partial charge on any atom is 0.312 e. The summed E-state index contributed by atoms with van der Waals surface area (Å²) in [6.07, 6.45) is 7.31. The molecule has 0 unspecified atom stereocenters. The summed E-state index contributed by atoms with van der Waals surface area (Å²) in [6.45, 7) is 1.11. The van der Waals surface area contributed by atoms with Gasteiger partial charge in [0.25, 0.3) is 0 Å². The Balaban J connectivity index is 1.97. The molecular weight excluding hydrogens is 230 g/mol. The highest BCUT2D eigenvalue weighted by atomic mass is 16.2. The summed E-state index contributed by atoms with van der Waals surface area (Å²) in [5.41, 5.74) is 7.39. The number of aromatic nitrogens is 2. The summed E-state index contributed by atoms with van der Waals surface area (Å²) in [5, 5.41) is 5.78. The first-order valence-electron chi connectivity index (χ1n) is 6.37.